The number of methoxy groups -OCH3 is 3. The summed E-state index contributed by atoms with van der Waals surface area (Å²) in [7, 11) is 3.99. The van der Waals surface area contributed by atoms with Crippen LogP contribution in [0.4, 0.5) is 16.2 Å². The number of nitro groups is 1. The fourth-order valence-electron chi connectivity index (χ4n) is 4.49. The Morgan fingerprint density at radius 2 is 1.85 bits per heavy atom. The molecule has 2 aliphatic heterocycles. The number of nitrogens with zero attached hydrogens (tertiary/aromatic N) is 3. The molecule has 33 heavy (non-hydrogen) atoms. The van der Waals surface area contributed by atoms with Crippen LogP contribution >= 0.6 is 0 Å². The van der Waals surface area contributed by atoms with Crippen LogP contribution < -0.4 is 14.4 Å². The van der Waals surface area contributed by atoms with E-state index in [1.165, 1.54) is 38.4 Å². The van der Waals surface area contributed by atoms with Crippen LogP contribution in [0.5, 0.6) is 11.5 Å². The summed E-state index contributed by atoms with van der Waals surface area (Å²) >= 11 is 0. The van der Waals surface area contributed by atoms with Crippen molar-refractivity contribution in [3.8, 4) is 11.5 Å². The normalized spacial score (nSPS) is 21.7. The number of rotatable bonds is 6. The second kappa shape index (κ2) is 8.41. The van der Waals surface area contributed by atoms with Crippen LogP contribution in [0.15, 0.2) is 42.5 Å². The van der Waals surface area contributed by atoms with Gasteiger partial charge in [0.1, 0.15) is 11.8 Å². The largest absolute Gasteiger partial charge is 0.497 e. The third kappa shape index (κ3) is 3.51. The molecular formula is C22H21N3O8. The molecule has 2 heterocycles. The first kappa shape index (κ1) is 22.1. The second-order valence-electron chi connectivity index (χ2n) is 7.58. The van der Waals surface area contributed by atoms with E-state index in [2.05, 4.69) is 0 Å². The van der Waals surface area contributed by atoms with Crippen LogP contribution in [0.3, 0.4) is 0 Å². The van der Waals surface area contributed by atoms with E-state index in [1.54, 1.807) is 30.3 Å². The minimum atomic E-state index is -0.931. The summed E-state index contributed by atoms with van der Waals surface area (Å²) < 4.78 is 15.2. The highest BCUT2D eigenvalue weighted by atomic mass is 16.6. The van der Waals surface area contributed by atoms with Crippen molar-refractivity contribution in [3.63, 3.8) is 0 Å². The summed E-state index contributed by atoms with van der Waals surface area (Å²) in [5.74, 6) is -1.47. The Morgan fingerprint density at radius 1 is 1.09 bits per heavy atom. The summed E-state index contributed by atoms with van der Waals surface area (Å²) in [5.41, 5.74) is 0.339. The molecule has 3 atom stereocenters. The van der Waals surface area contributed by atoms with E-state index in [1.807, 2.05) is 0 Å². The number of amides is 3. The molecule has 2 aromatic rings. The van der Waals surface area contributed by atoms with Gasteiger partial charge in [0, 0.05) is 12.1 Å². The monoisotopic (exact) mass is 455 g/mol. The van der Waals surface area contributed by atoms with Crippen LogP contribution in [-0.4, -0.2) is 55.1 Å². The third-order valence-electron chi connectivity index (χ3n) is 5.97. The van der Waals surface area contributed by atoms with E-state index in [0.29, 0.717) is 17.0 Å². The molecule has 2 fully saturated rings. The SMILES string of the molecule is COC(=O)C1CC2C(=O)N(c3cccc(OC)c3)C(=O)N2C1c1ccc(OC)c([N+](=O)[O-])c1. The fourth-order valence-corrected chi connectivity index (χ4v) is 4.49. The summed E-state index contributed by atoms with van der Waals surface area (Å²) in [4.78, 5) is 52.5. The van der Waals surface area contributed by atoms with Crippen molar-refractivity contribution in [3.05, 3.63) is 58.1 Å². The zero-order valence-corrected chi connectivity index (χ0v) is 18.1. The predicted octanol–water partition coefficient (Wildman–Crippen LogP) is 2.68. The number of carbonyl (C=O) groups excluding carboxylic acids is 3. The Hall–Kier alpha value is -4.15. The maximum Gasteiger partial charge on any atom is 0.332 e. The van der Waals surface area contributed by atoms with Crippen molar-refractivity contribution in [1.82, 2.24) is 4.90 Å². The van der Waals surface area contributed by atoms with Gasteiger partial charge in [-0.1, -0.05) is 12.1 Å². The first-order valence-corrected chi connectivity index (χ1v) is 10.0. The zero-order valence-electron chi connectivity index (χ0n) is 18.1. The van der Waals surface area contributed by atoms with Gasteiger partial charge in [-0.15, -0.1) is 0 Å². The summed E-state index contributed by atoms with van der Waals surface area (Å²) in [6, 6.07) is 8.22. The van der Waals surface area contributed by atoms with Crippen LogP contribution in [0.2, 0.25) is 0 Å². The Morgan fingerprint density at radius 3 is 2.48 bits per heavy atom. The first-order chi connectivity index (χ1) is 15.8. The molecule has 11 heteroatoms. The minimum absolute atomic E-state index is 0.0300. The first-order valence-electron chi connectivity index (χ1n) is 10.0. The number of carbonyl (C=O) groups is 3. The second-order valence-corrected chi connectivity index (χ2v) is 7.58. The average molecular weight is 455 g/mol. The molecule has 3 unspecified atom stereocenters. The van der Waals surface area contributed by atoms with Crippen molar-refractivity contribution >= 4 is 29.3 Å². The van der Waals surface area contributed by atoms with Gasteiger partial charge < -0.3 is 19.1 Å². The molecule has 11 nitrogen and oxygen atoms in total. The molecular weight excluding hydrogens is 434 g/mol. The lowest BCUT2D eigenvalue weighted by atomic mass is 9.92. The number of hydrogen-bond donors (Lipinski definition) is 0. The number of fused-ring (bicyclic) bond motifs is 1. The highest BCUT2D eigenvalue weighted by Gasteiger charge is 2.58. The Labute approximate surface area is 188 Å². The van der Waals surface area contributed by atoms with Crippen LogP contribution in [-0.2, 0) is 14.3 Å². The van der Waals surface area contributed by atoms with Gasteiger partial charge in [0.25, 0.3) is 5.91 Å². The number of esters is 1. The maximum absolute atomic E-state index is 13.5. The van der Waals surface area contributed by atoms with Crippen LogP contribution in [0, 0.1) is 16.0 Å². The van der Waals surface area contributed by atoms with Gasteiger partial charge in [0.05, 0.1) is 43.9 Å². The lowest BCUT2D eigenvalue weighted by Crippen LogP contribution is -2.37. The minimum Gasteiger partial charge on any atom is -0.497 e. The van der Waals surface area contributed by atoms with Gasteiger partial charge >= 0.3 is 17.7 Å². The lowest BCUT2D eigenvalue weighted by molar-refractivity contribution is -0.385. The number of nitro benzene ring substituents is 1. The van der Waals surface area contributed by atoms with E-state index < -0.39 is 40.8 Å². The Kier molecular flexibility index (Phi) is 5.62. The van der Waals surface area contributed by atoms with E-state index in [-0.39, 0.29) is 17.9 Å². The molecule has 172 valence electrons. The van der Waals surface area contributed by atoms with Crippen molar-refractivity contribution < 1.29 is 33.5 Å². The number of anilines is 1. The highest BCUT2D eigenvalue weighted by Crippen LogP contribution is 2.48. The van der Waals surface area contributed by atoms with Crippen molar-refractivity contribution in [2.45, 2.75) is 18.5 Å². The number of hydrogen-bond acceptors (Lipinski definition) is 8. The molecule has 2 saturated heterocycles. The fraction of sp³-hybridized carbons (Fsp3) is 0.318. The van der Waals surface area contributed by atoms with E-state index >= 15 is 0 Å². The molecule has 0 aromatic heterocycles. The molecule has 0 saturated carbocycles. The van der Waals surface area contributed by atoms with Crippen LogP contribution in [0.1, 0.15) is 18.0 Å². The summed E-state index contributed by atoms with van der Waals surface area (Å²) in [5, 5.41) is 11.5. The van der Waals surface area contributed by atoms with Gasteiger partial charge in [0.15, 0.2) is 5.75 Å². The number of urea groups is 1. The van der Waals surface area contributed by atoms with Gasteiger partial charge in [-0.3, -0.25) is 19.7 Å². The number of ether oxygens (including phenoxy) is 3. The van der Waals surface area contributed by atoms with Gasteiger partial charge in [-0.25, -0.2) is 9.69 Å². The molecule has 0 spiro atoms. The average Bonchev–Trinajstić information content (AvgIpc) is 3.34. The standard InChI is InChI=1S/C22H21N3O8/c1-31-14-6-4-5-13(10-14)23-20(26)17-11-15(21(27)33-3)19(24(17)22(23)28)12-7-8-18(32-2)16(9-12)25(29)30/h4-10,15,17,19H,11H2,1-3H3. The van der Waals surface area contributed by atoms with Gasteiger partial charge in [-0.2, -0.15) is 0 Å². The molecule has 0 aliphatic carbocycles. The molecule has 4 rings (SSSR count). The Bertz CT molecular complexity index is 1150. The van der Waals surface area contributed by atoms with E-state index in [0.717, 1.165) is 4.90 Å². The molecule has 0 bridgehead atoms. The zero-order chi connectivity index (χ0) is 23.9. The van der Waals surface area contributed by atoms with Crippen molar-refractivity contribution in [2.75, 3.05) is 26.2 Å². The maximum atomic E-state index is 13.5. The van der Waals surface area contributed by atoms with Gasteiger partial charge in [0.2, 0.25) is 0 Å². The lowest BCUT2D eigenvalue weighted by Gasteiger charge is -2.27. The van der Waals surface area contributed by atoms with E-state index in [9.17, 15) is 24.5 Å². The predicted molar refractivity (Wildman–Crippen MR) is 114 cm³/mol. The van der Waals surface area contributed by atoms with Gasteiger partial charge in [-0.05, 0) is 30.2 Å². The topological polar surface area (TPSA) is 129 Å². The van der Waals surface area contributed by atoms with Crippen molar-refractivity contribution in [1.29, 1.82) is 0 Å². The molecule has 0 radical (unpaired) electrons. The Balaban J connectivity index is 1.79. The summed E-state index contributed by atoms with van der Waals surface area (Å²) in [6.45, 7) is 0. The van der Waals surface area contributed by atoms with E-state index in [4.69, 9.17) is 14.2 Å². The molecule has 0 N–H and O–H groups in total. The van der Waals surface area contributed by atoms with Crippen LogP contribution in [0.25, 0.3) is 0 Å². The number of benzene rings is 2. The summed E-state index contributed by atoms with van der Waals surface area (Å²) in [6.07, 6.45) is 0.0300. The highest BCUT2D eigenvalue weighted by molar-refractivity contribution is 6.22. The smallest absolute Gasteiger partial charge is 0.332 e. The molecule has 3 amide bonds. The van der Waals surface area contributed by atoms with Crippen molar-refractivity contribution in [2.24, 2.45) is 5.92 Å². The molecule has 2 aliphatic rings. The number of imide groups is 1. The third-order valence-corrected chi connectivity index (χ3v) is 5.97. The molecule has 2 aromatic carbocycles. The quantitative estimate of drug-likeness (QED) is 0.281.